The van der Waals surface area contributed by atoms with Crippen molar-refractivity contribution >= 4 is 11.8 Å². The van der Waals surface area contributed by atoms with Gasteiger partial charge in [-0.1, -0.05) is 13.8 Å². The Balaban J connectivity index is 1.50. The SMILES string of the molecule is CC(=O)N[C@H]1CC[C@@]2(C)[C@@H](CC[C@@H]3[C@@H]2CC[C@]2(C)[C@@H]([C@H](C)NC(C)=O)CC[C@@H]32)C1. The first kappa shape index (κ1) is 21.2. The maximum Gasteiger partial charge on any atom is 0.217 e. The Kier molecular flexibility index (Phi) is 5.53. The van der Waals surface area contributed by atoms with E-state index in [0.29, 0.717) is 28.8 Å². The van der Waals surface area contributed by atoms with Gasteiger partial charge in [0.1, 0.15) is 0 Å². The van der Waals surface area contributed by atoms with E-state index in [1.807, 2.05) is 0 Å². The van der Waals surface area contributed by atoms with Crippen LogP contribution in [0.2, 0.25) is 0 Å². The lowest BCUT2D eigenvalue weighted by molar-refractivity contribution is -0.127. The van der Waals surface area contributed by atoms with Gasteiger partial charge in [0.15, 0.2) is 0 Å². The molecule has 4 heteroatoms. The van der Waals surface area contributed by atoms with Crippen LogP contribution in [0.5, 0.6) is 0 Å². The van der Waals surface area contributed by atoms with Gasteiger partial charge in [0.25, 0.3) is 0 Å². The molecule has 0 bridgehead atoms. The third-order valence-corrected chi connectivity index (χ3v) is 10.2. The fraction of sp³-hybridized carbons (Fsp3) is 0.920. The van der Waals surface area contributed by atoms with E-state index in [0.717, 1.165) is 30.1 Å². The van der Waals surface area contributed by atoms with Crippen molar-refractivity contribution in [1.29, 1.82) is 0 Å². The standard InChI is InChI=1S/C25H42N2O2/c1-15(26-16(2)28)21-8-9-22-20-7-6-18-14-19(27-17(3)29)10-12-24(18,4)23(20)11-13-25(21,22)5/h15,18-23H,6-14H2,1-5H3,(H,26,28)(H,27,29)/t15-,18-,19-,20-,21+,22-,23-,24-,25+/m0/s1. The van der Waals surface area contributed by atoms with Crippen molar-refractivity contribution in [2.24, 2.45) is 40.4 Å². The molecule has 4 aliphatic rings. The summed E-state index contributed by atoms with van der Waals surface area (Å²) in [6.07, 6.45) is 11.6. The number of fused-ring (bicyclic) bond motifs is 5. The first-order valence-corrected chi connectivity index (χ1v) is 12.2. The van der Waals surface area contributed by atoms with Crippen LogP contribution in [0.25, 0.3) is 0 Å². The van der Waals surface area contributed by atoms with Crippen LogP contribution in [-0.4, -0.2) is 23.9 Å². The molecule has 0 aromatic heterocycles. The summed E-state index contributed by atoms with van der Waals surface area (Å²) in [5.74, 6) is 4.18. The van der Waals surface area contributed by atoms with Crippen molar-refractivity contribution < 1.29 is 9.59 Å². The molecule has 164 valence electrons. The first-order valence-electron chi connectivity index (χ1n) is 12.2. The predicted molar refractivity (Wildman–Crippen MR) is 116 cm³/mol. The summed E-state index contributed by atoms with van der Waals surface area (Å²) < 4.78 is 0. The molecule has 0 aromatic rings. The maximum atomic E-state index is 11.7. The van der Waals surface area contributed by atoms with Gasteiger partial charge >= 0.3 is 0 Å². The van der Waals surface area contributed by atoms with Crippen molar-refractivity contribution in [3.8, 4) is 0 Å². The molecule has 0 spiro atoms. The number of nitrogens with one attached hydrogen (secondary N) is 2. The second-order valence-electron chi connectivity index (χ2n) is 11.5. The summed E-state index contributed by atoms with van der Waals surface area (Å²) in [6.45, 7) is 10.7. The molecule has 4 nitrogen and oxygen atoms in total. The van der Waals surface area contributed by atoms with Gasteiger partial charge in [-0.15, -0.1) is 0 Å². The highest BCUT2D eigenvalue weighted by Crippen LogP contribution is 2.67. The molecule has 4 rings (SSSR count). The average molecular weight is 403 g/mol. The van der Waals surface area contributed by atoms with E-state index in [9.17, 15) is 9.59 Å². The Morgan fingerprint density at radius 1 is 0.862 bits per heavy atom. The lowest BCUT2D eigenvalue weighted by Crippen LogP contribution is -2.56. The number of carbonyl (C=O) groups excluding carboxylic acids is 2. The molecule has 4 saturated carbocycles. The number of hydrogen-bond acceptors (Lipinski definition) is 2. The molecule has 4 fully saturated rings. The maximum absolute atomic E-state index is 11.7. The Bertz CT molecular complexity index is 663. The third kappa shape index (κ3) is 3.53. The smallest absolute Gasteiger partial charge is 0.217 e. The summed E-state index contributed by atoms with van der Waals surface area (Å²) in [7, 11) is 0. The fourth-order valence-electron chi connectivity index (χ4n) is 8.96. The Labute approximate surface area is 177 Å². The average Bonchev–Trinajstić information content (AvgIpc) is 2.98. The highest BCUT2D eigenvalue weighted by Gasteiger charge is 2.60. The zero-order valence-corrected chi connectivity index (χ0v) is 19.2. The van der Waals surface area contributed by atoms with Crippen molar-refractivity contribution in [3.05, 3.63) is 0 Å². The van der Waals surface area contributed by atoms with Crippen LogP contribution in [0, 0.1) is 40.4 Å². The number of hydrogen-bond donors (Lipinski definition) is 2. The third-order valence-electron chi connectivity index (χ3n) is 10.2. The van der Waals surface area contributed by atoms with Crippen molar-refractivity contribution in [3.63, 3.8) is 0 Å². The zero-order valence-electron chi connectivity index (χ0n) is 19.2. The van der Waals surface area contributed by atoms with Crippen molar-refractivity contribution in [2.75, 3.05) is 0 Å². The highest BCUT2D eigenvalue weighted by atomic mass is 16.2. The van der Waals surface area contributed by atoms with Gasteiger partial charge in [0, 0.05) is 25.9 Å². The molecule has 9 atom stereocenters. The summed E-state index contributed by atoms with van der Waals surface area (Å²) >= 11 is 0. The summed E-state index contributed by atoms with van der Waals surface area (Å²) in [5, 5.41) is 6.42. The molecule has 0 unspecified atom stereocenters. The number of amides is 2. The van der Waals surface area contributed by atoms with Gasteiger partial charge in [-0.25, -0.2) is 0 Å². The monoisotopic (exact) mass is 402 g/mol. The van der Waals surface area contributed by atoms with Crippen LogP contribution in [0.15, 0.2) is 0 Å². The number of carbonyl (C=O) groups is 2. The van der Waals surface area contributed by atoms with E-state index in [-0.39, 0.29) is 11.8 Å². The molecule has 29 heavy (non-hydrogen) atoms. The van der Waals surface area contributed by atoms with Crippen LogP contribution in [0.1, 0.15) is 92.4 Å². The van der Waals surface area contributed by atoms with Crippen LogP contribution in [0.4, 0.5) is 0 Å². The molecule has 0 aliphatic heterocycles. The number of rotatable bonds is 3. The van der Waals surface area contributed by atoms with Crippen LogP contribution in [-0.2, 0) is 9.59 Å². The van der Waals surface area contributed by atoms with E-state index in [1.54, 1.807) is 13.8 Å². The first-order chi connectivity index (χ1) is 13.6. The van der Waals surface area contributed by atoms with E-state index in [1.165, 1.54) is 51.4 Å². The topological polar surface area (TPSA) is 58.2 Å². The predicted octanol–water partition coefficient (Wildman–Crippen LogP) is 4.67. The second-order valence-corrected chi connectivity index (χ2v) is 11.5. The minimum Gasteiger partial charge on any atom is -0.354 e. The van der Waals surface area contributed by atoms with E-state index in [2.05, 4.69) is 31.4 Å². The molecule has 0 heterocycles. The van der Waals surface area contributed by atoms with Crippen molar-refractivity contribution in [1.82, 2.24) is 10.6 Å². The molecule has 2 N–H and O–H groups in total. The summed E-state index contributed by atoms with van der Waals surface area (Å²) in [5.41, 5.74) is 0.847. The minimum absolute atomic E-state index is 0.113. The highest BCUT2D eigenvalue weighted by molar-refractivity contribution is 5.73. The summed E-state index contributed by atoms with van der Waals surface area (Å²) in [6, 6.07) is 0.685. The van der Waals surface area contributed by atoms with Gasteiger partial charge in [-0.2, -0.15) is 0 Å². The van der Waals surface area contributed by atoms with Crippen molar-refractivity contribution in [2.45, 2.75) is 104 Å². The normalized spacial score (nSPS) is 47.3. The van der Waals surface area contributed by atoms with Gasteiger partial charge < -0.3 is 10.6 Å². The van der Waals surface area contributed by atoms with E-state index < -0.39 is 0 Å². The van der Waals surface area contributed by atoms with E-state index in [4.69, 9.17) is 0 Å². The Morgan fingerprint density at radius 3 is 2.24 bits per heavy atom. The molecular weight excluding hydrogens is 360 g/mol. The minimum atomic E-state index is 0.113. The van der Waals surface area contributed by atoms with Gasteiger partial charge in [0.2, 0.25) is 11.8 Å². The molecule has 0 aromatic carbocycles. The van der Waals surface area contributed by atoms with Gasteiger partial charge in [-0.05, 0) is 105 Å². The lowest BCUT2D eigenvalue weighted by atomic mass is 9.44. The zero-order chi connectivity index (χ0) is 21.0. The quantitative estimate of drug-likeness (QED) is 0.720. The second kappa shape index (κ2) is 7.57. The van der Waals surface area contributed by atoms with E-state index >= 15 is 0 Å². The van der Waals surface area contributed by atoms with Crippen LogP contribution in [0.3, 0.4) is 0 Å². The van der Waals surface area contributed by atoms with Crippen LogP contribution >= 0.6 is 0 Å². The largest absolute Gasteiger partial charge is 0.354 e. The molecule has 0 radical (unpaired) electrons. The molecule has 2 amide bonds. The van der Waals surface area contributed by atoms with Gasteiger partial charge in [0.05, 0.1) is 0 Å². The fourth-order valence-corrected chi connectivity index (χ4v) is 8.96. The molecule has 4 aliphatic carbocycles. The van der Waals surface area contributed by atoms with Gasteiger partial charge in [-0.3, -0.25) is 9.59 Å². The lowest BCUT2D eigenvalue weighted by Gasteiger charge is -2.61. The summed E-state index contributed by atoms with van der Waals surface area (Å²) in [4.78, 5) is 23.2. The Morgan fingerprint density at radius 2 is 1.55 bits per heavy atom. The van der Waals surface area contributed by atoms with Crippen LogP contribution < -0.4 is 10.6 Å². The molecular formula is C25H42N2O2. The molecule has 0 saturated heterocycles. The Hall–Kier alpha value is -1.06.